The van der Waals surface area contributed by atoms with Gasteiger partial charge in [-0.2, -0.15) is 0 Å². The summed E-state index contributed by atoms with van der Waals surface area (Å²) in [6, 6.07) is 3.87. The monoisotopic (exact) mass is 293 g/mol. The van der Waals surface area contributed by atoms with Gasteiger partial charge in [0.25, 0.3) is 5.89 Å². The second-order valence-electron chi connectivity index (χ2n) is 4.54. The normalized spacial score (nSPS) is 10.7. The molecular formula is C14H19N3O2S. The standard InChI is InChI=1S/C14H19N3O2S/c1-2-3-4-9-15-12(18)7-8-13-16-17-14(19-13)11-6-5-10-20-11/h5-6,10H,2-4,7-9H2,1H3,(H,15,18). The molecule has 0 unspecified atom stereocenters. The van der Waals surface area contributed by atoms with Crippen molar-refractivity contribution >= 4 is 17.2 Å². The van der Waals surface area contributed by atoms with Crippen LogP contribution in [-0.4, -0.2) is 22.6 Å². The fourth-order valence-electron chi connectivity index (χ4n) is 1.77. The minimum atomic E-state index is 0.0389. The summed E-state index contributed by atoms with van der Waals surface area (Å²) in [5.74, 6) is 1.08. The quantitative estimate of drug-likeness (QED) is 0.760. The van der Waals surface area contributed by atoms with Crippen molar-refractivity contribution in [3.8, 4) is 10.8 Å². The van der Waals surface area contributed by atoms with Gasteiger partial charge in [0.15, 0.2) is 0 Å². The third-order valence-electron chi connectivity index (χ3n) is 2.87. The van der Waals surface area contributed by atoms with E-state index in [2.05, 4.69) is 22.4 Å². The van der Waals surface area contributed by atoms with Crippen molar-refractivity contribution < 1.29 is 9.21 Å². The predicted octanol–water partition coefficient (Wildman–Crippen LogP) is 3.04. The third kappa shape index (κ3) is 4.45. The van der Waals surface area contributed by atoms with E-state index in [1.807, 2.05) is 17.5 Å². The van der Waals surface area contributed by atoms with E-state index in [0.29, 0.717) is 24.6 Å². The molecule has 0 aliphatic rings. The van der Waals surface area contributed by atoms with Crippen LogP contribution in [0.4, 0.5) is 0 Å². The molecule has 0 aliphatic carbocycles. The van der Waals surface area contributed by atoms with Crippen molar-refractivity contribution in [3.63, 3.8) is 0 Å². The summed E-state index contributed by atoms with van der Waals surface area (Å²) in [7, 11) is 0. The van der Waals surface area contributed by atoms with Gasteiger partial charge in [0.1, 0.15) is 0 Å². The molecule has 2 heterocycles. The maximum Gasteiger partial charge on any atom is 0.257 e. The van der Waals surface area contributed by atoms with Gasteiger partial charge in [0, 0.05) is 19.4 Å². The summed E-state index contributed by atoms with van der Waals surface area (Å²) in [5.41, 5.74) is 0. The van der Waals surface area contributed by atoms with Gasteiger partial charge in [0.05, 0.1) is 4.88 Å². The molecule has 108 valence electrons. The Morgan fingerprint density at radius 2 is 2.30 bits per heavy atom. The van der Waals surface area contributed by atoms with Gasteiger partial charge in [-0.05, 0) is 17.9 Å². The van der Waals surface area contributed by atoms with Crippen LogP contribution in [0.25, 0.3) is 10.8 Å². The number of rotatable bonds is 8. The molecule has 20 heavy (non-hydrogen) atoms. The first-order chi connectivity index (χ1) is 9.79. The van der Waals surface area contributed by atoms with Crippen molar-refractivity contribution in [2.24, 2.45) is 0 Å². The molecule has 0 saturated heterocycles. The van der Waals surface area contributed by atoms with Crippen LogP contribution in [-0.2, 0) is 11.2 Å². The molecule has 0 radical (unpaired) electrons. The van der Waals surface area contributed by atoms with E-state index < -0.39 is 0 Å². The number of aryl methyl sites for hydroxylation is 1. The van der Waals surface area contributed by atoms with Gasteiger partial charge in [-0.1, -0.05) is 25.8 Å². The second kappa shape index (κ2) is 7.79. The molecular weight excluding hydrogens is 274 g/mol. The average molecular weight is 293 g/mol. The lowest BCUT2D eigenvalue weighted by molar-refractivity contribution is -0.121. The summed E-state index contributed by atoms with van der Waals surface area (Å²) in [5, 5.41) is 12.8. The van der Waals surface area contributed by atoms with Gasteiger partial charge in [-0.3, -0.25) is 4.79 Å². The van der Waals surface area contributed by atoms with E-state index in [-0.39, 0.29) is 5.91 Å². The lowest BCUT2D eigenvalue weighted by Crippen LogP contribution is -2.24. The van der Waals surface area contributed by atoms with Crippen molar-refractivity contribution in [2.75, 3.05) is 6.54 Å². The Kier molecular flexibility index (Phi) is 5.73. The number of nitrogens with zero attached hydrogens (tertiary/aromatic N) is 2. The number of hydrogen-bond acceptors (Lipinski definition) is 5. The van der Waals surface area contributed by atoms with Crippen LogP contribution >= 0.6 is 11.3 Å². The second-order valence-corrected chi connectivity index (χ2v) is 5.48. The Morgan fingerprint density at radius 1 is 1.40 bits per heavy atom. The molecule has 1 N–H and O–H groups in total. The lowest BCUT2D eigenvalue weighted by atomic mass is 10.2. The highest BCUT2D eigenvalue weighted by Crippen LogP contribution is 2.23. The van der Waals surface area contributed by atoms with Crippen LogP contribution in [0, 0.1) is 0 Å². The fourth-order valence-corrected chi connectivity index (χ4v) is 2.41. The van der Waals surface area contributed by atoms with E-state index in [1.54, 1.807) is 11.3 Å². The molecule has 6 heteroatoms. The summed E-state index contributed by atoms with van der Waals surface area (Å²) >= 11 is 1.55. The van der Waals surface area contributed by atoms with Gasteiger partial charge in [0.2, 0.25) is 11.8 Å². The van der Waals surface area contributed by atoms with E-state index in [4.69, 9.17) is 4.42 Å². The molecule has 0 aromatic carbocycles. The number of carbonyl (C=O) groups is 1. The van der Waals surface area contributed by atoms with Crippen molar-refractivity contribution in [1.82, 2.24) is 15.5 Å². The molecule has 0 saturated carbocycles. The molecule has 0 spiro atoms. The van der Waals surface area contributed by atoms with Gasteiger partial charge >= 0.3 is 0 Å². The van der Waals surface area contributed by atoms with Crippen molar-refractivity contribution in [2.45, 2.75) is 39.0 Å². The first kappa shape index (κ1) is 14.7. The zero-order valence-corrected chi connectivity index (χ0v) is 12.4. The minimum Gasteiger partial charge on any atom is -0.420 e. The van der Waals surface area contributed by atoms with Crippen LogP contribution in [0.3, 0.4) is 0 Å². The van der Waals surface area contributed by atoms with Gasteiger partial charge < -0.3 is 9.73 Å². The number of unbranched alkanes of at least 4 members (excludes halogenated alkanes) is 2. The number of thiophene rings is 1. The van der Waals surface area contributed by atoms with E-state index in [9.17, 15) is 4.79 Å². The minimum absolute atomic E-state index is 0.0389. The first-order valence-electron chi connectivity index (χ1n) is 6.92. The van der Waals surface area contributed by atoms with E-state index >= 15 is 0 Å². The van der Waals surface area contributed by atoms with Crippen LogP contribution in [0.15, 0.2) is 21.9 Å². The first-order valence-corrected chi connectivity index (χ1v) is 7.80. The topological polar surface area (TPSA) is 68.0 Å². The number of amides is 1. The average Bonchev–Trinajstić information content (AvgIpc) is 3.11. The summed E-state index contributed by atoms with van der Waals surface area (Å²) in [6.07, 6.45) is 4.21. The molecule has 0 fully saturated rings. The summed E-state index contributed by atoms with van der Waals surface area (Å²) < 4.78 is 5.53. The van der Waals surface area contributed by atoms with Crippen LogP contribution in [0.1, 0.15) is 38.5 Å². The SMILES string of the molecule is CCCCCNC(=O)CCc1nnc(-c2cccs2)o1. The lowest BCUT2D eigenvalue weighted by Gasteiger charge is -2.02. The van der Waals surface area contributed by atoms with Gasteiger partial charge in [-0.15, -0.1) is 21.5 Å². The Labute approximate surface area is 122 Å². The third-order valence-corrected chi connectivity index (χ3v) is 3.73. The molecule has 5 nitrogen and oxygen atoms in total. The smallest absolute Gasteiger partial charge is 0.257 e. The highest BCUT2D eigenvalue weighted by Gasteiger charge is 2.10. The van der Waals surface area contributed by atoms with E-state index in [1.165, 1.54) is 0 Å². The van der Waals surface area contributed by atoms with Crippen LogP contribution in [0.2, 0.25) is 0 Å². The predicted molar refractivity (Wildman–Crippen MR) is 78.5 cm³/mol. The van der Waals surface area contributed by atoms with Crippen molar-refractivity contribution in [3.05, 3.63) is 23.4 Å². The Hall–Kier alpha value is -1.69. The Morgan fingerprint density at radius 3 is 3.05 bits per heavy atom. The number of carbonyl (C=O) groups excluding carboxylic acids is 1. The number of nitrogens with one attached hydrogen (secondary N) is 1. The molecule has 0 aliphatic heterocycles. The maximum absolute atomic E-state index is 11.6. The largest absolute Gasteiger partial charge is 0.420 e. The molecule has 2 rings (SSSR count). The molecule has 0 bridgehead atoms. The number of hydrogen-bond donors (Lipinski definition) is 1. The Bertz CT molecular complexity index is 522. The van der Waals surface area contributed by atoms with Crippen LogP contribution < -0.4 is 5.32 Å². The maximum atomic E-state index is 11.6. The fraction of sp³-hybridized carbons (Fsp3) is 0.500. The zero-order valence-electron chi connectivity index (χ0n) is 11.6. The highest BCUT2D eigenvalue weighted by atomic mass is 32.1. The van der Waals surface area contributed by atoms with Crippen LogP contribution in [0.5, 0.6) is 0 Å². The summed E-state index contributed by atoms with van der Waals surface area (Å²) in [4.78, 5) is 12.6. The number of aromatic nitrogens is 2. The Balaban J connectivity index is 1.73. The van der Waals surface area contributed by atoms with Gasteiger partial charge in [-0.25, -0.2) is 0 Å². The molecule has 2 aromatic heterocycles. The molecule has 0 atom stereocenters. The van der Waals surface area contributed by atoms with E-state index in [0.717, 1.165) is 30.7 Å². The highest BCUT2D eigenvalue weighted by molar-refractivity contribution is 7.13. The zero-order chi connectivity index (χ0) is 14.2. The summed E-state index contributed by atoms with van der Waals surface area (Å²) in [6.45, 7) is 2.89. The molecule has 2 aromatic rings. The van der Waals surface area contributed by atoms with Crippen molar-refractivity contribution in [1.29, 1.82) is 0 Å². The molecule has 1 amide bonds.